The van der Waals surface area contributed by atoms with Crippen molar-refractivity contribution < 1.29 is 19.1 Å². The number of hydrogen-bond donors (Lipinski definition) is 2. The minimum absolute atomic E-state index is 0.0730. The van der Waals surface area contributed by atoms with Crippen LogP contribution in [0.5, 0.6) is 5.75 Å². The Morgan fingerprint density at radius 2 is 1.84 bits per heavy atom. The highest BCUT2D eigenvalue weighted by atomic mass is 16.5. The van der Waals surface area contributed by atoms with E-state index in [2.05, 4.69) is 10.6 Å². The first-order valence-corrected chi connectivity index (χ1v) is 10.9. The number of nitrogens with one attached hydrogen (secondary N) is 2. The Labute approximate surface area is 189 Å². The summed E-state index contributed by atoms with van der Waals surface area (Å²) in [6, 6.07) is 12.8. The predicted molar refractivity (Wildman–Crippen MR) is 125 cm³/mol. The van der Waals surface area contributed by atoms with Crippen LogP contribution < -0.4 is 20.3 Å². The molecular weight excluding hydrogens is 406 g/mol. The summed E-state index contributed by atoms with van der Waals surface area (Å²) in [7, 11) is 0. The first-order valence-electron chi connectivity index (χ1n) is 10.9. The van der Waals surface area contributed by atoms with Crippen molar-refractivity contribution >= 4 is 29.1 Å². The number of ether oxygens (including phenoxy) is 1. The first kappa shape index (κ1) is 23.3. The minimum atomic E-state index is -0.342. The van der Waals surface area contributed by atoms with E-state index in [-0.39, 0.29) is 36.7 Å². The van der Waals surface area contributed by atoms with Gasteiger partial charge in [0.25, 0.3) is 5.91 Å². The van der Waals surface area contributed by atoms with Crippen LogP contribution in [0.3, 0.4) is 0 Å². The Bertz CT molecular complexity index is 985. The molecule has 0 aromatic heterocycles. The normalized spacial score (nSPS) is 15.7. The number of carbonyl (C=O) groups excluding carboxylic acids is 3. The zero-order valence-corrected chi connectivity index (χ0v) is 19.1. The zero-order valence-electron chi connectivity index (χ0n) is 19.1. The summed E-state index contributed by atoms with van der Waals surface area (Å²) in [5, 5.41) is 5.75. The van der Waals surface area contributed by atoms with Gasteiger partial charge in [-0.3, -0.25) is 14.4 Å². The molecule has 1 aliphatic rings. The van der Waals surface area contributed by atoms with Gasteiger partial charge in [0.05, 0.1) is 5.92 Å². The third kappa shape index (κ3) is 6.09. The summed E-state index contributed by atoms with van der Waals surface area (Å²) in [5.41, 5.74) is 3.60. The molecular formula is C25H31N3O4. The van der Waals surface area contributed by atoms with Crippen molar-refractivity contribution in [1.29, 1.82) is 0 Å². The predicted octanol–water partition coefficient (Wildman–Crippen LogP) is 3.45. The Hall–Kier alpha value is -3.35. The molecule has 1 fully saturated rings. The molecule has 32 heavy (non-hydrogen) atoms. The van der Waals surface area contributed by atoms with Gasteiger partial charge in [0.15, 0.2) is 6.61 Å². The molecule has 0 radical (unpaired) electrons. The van der Waals surface area contributed by atoms with Crippen molar-refractivity contribution in [2.75, 3.05) is 29.9 Å². The van der Waals surface area contributed by atoms with Crippen LogP contribution in [-0.2, 0) is 14.4 Å². The molecule has 0 bridgehead atoms. The third-order valence-corrected chi connectivity index (χ3v) is 5.35. The Balaban J connectivity index is 1.52. The fourth-order valence-electron chi connectivity index (χ4n) is 3.59. The van der Waals surface area contributed by atoms with E-state index in [9.17, 15) is 14.4 Å². The minimum Gasteiger partial charge on any atom is -0.484 e. The van der Waals surface area contributed by atoms with E-state index in [1.165, 1.54) is 0 Å². The van der Waals surface area contributed by atoms with Crippen LogP contribution in [0, 0.1) is 25.7 Å². The van der Waals surface area contributed by atoms with E-state index in [0.717, 1.165) is 16.8 Å². The lowest BCUT2D eigenvalue weighted by Crippen LogP contribution is -2.35. The highest BCUT2D eigenvalue weighted by molar-refractivity contribution is 6.00. The number of aryl methyl sites for hydroxylation is 2. The standard InChI is InChI=1S/C25H31N3O4/c1-16(2)13-26-25(31)19-12-24(30)28(14-19)20-6-8-21(9-7-20)32-15-23(29)27-22-10-5-17(3)11-18(22)4/h5-11,16,19H,12-15H2,1-4H3,(H,26,31)(H,27,29)/t19-/m0/s1. The van der Waals surface area contributed by atoms with Gasteiger partial charge < -0.3 is 20.3 Å². The molecule has 7 nitrogen and oxygen atoms in total. The smallest absolute Gasteiger partial charge is 0.262 e. The van der Waals surface area contributed by atoms with Gasteiger partial charge in [-0.15, -0.1) is 0 Å². The van der Waals surface area contributed by atoms with E-state index in [1.807, 2.05) is 45.9 Å². The number of carbonyl (C=O) groups is 3. The molecule has 170 valence electrons. The van der Waals surface area contributed by atoms with E-state index in [4.69, 9.17) is 4.74 Å². The van der Waals surface area contributed by atoms with Crippen molar-refractivity contribution in [3.8, 4) is 5.75 Å². The molecule has 2 N–H and O–H groups in total. The molecule has 1 aliphatic heterocycles. The van der Waals surface area contributed by atoms with Crippen LogP contribution >= 0.6 is 0 Å². The molecule has 3 rings (SSSR count). The van der Waals surface area contributed by atoms with E-state index in [1.54, 1.807) is 29.2 Å². The molecule has 1 heterocycles. The van der Waals surface area contributed by atoms with Gasteiger partial charge >= 0.3 is 0 Å². The number of anilines is 2. The summed E-state index contributed by atoms with van der Waals surface area (Å²) < 4.78 is 5.58. The molecule has 1 atom stereocenters. The highest BCUT2D eigenvalue weighted by Crippen LogP contribution is 2.27. The maximum absolute atomic E-state index is 12.4. The number of hydrogen-bond acceptors (Lipinski definition) is 4. The Morgan fingerprint density at radius 3 is 2.50 bits per heavy atom. The van der Waals surface area contributed by atoms with Crippen LogP contribution in [0.15, 0.2) is 42.5 Å². The van der Waals surface area contributed by atoms with Crippen molar-refractivity contribution in [3.63, 3.8) is 0 Å². The summed E-state index contributed by atoms with van der Waals surface area (Å²) in [4.78, 5) is 38.5. The van der Waals surface area contributed by atoms with Gasteiger partial charge in [-0.05, 0) is 55.7 Å². The molecule has 7 heteroatoms. The Kier molecular flexibility index (Phi) is 7.51. The van der Waals surface area contributed by atoms with Crippen molar-refractivity contribution in [3.05, 3.63) is 53.6 Å². The van der Waals surface area contributed by atoms with E-state index in [0.29, 0.717) is 30.4 Å². The second-order valence-corrected chi connectivity index (χ2v) is 8.69. The van der Waals surface area contributed by atoms with Gasteiger partial charge in [-0.25, -0.2) is 0 Å². The quantitative estimate of drug-likeness (QED) is 0.662. The number of amides is 3. The van der Waals surface area contributed by atoms with E-state index >= 15 is 0 Å². The second kappa shape index (κ2) is 10.3. The van der Waals surface area contributed by atoms with Gasteiger partial charge in [0.1, 0.15) is 5.75 Å². The number of benzene rings is 2. The largest absolute Gasteiger partial charge is 0.484 e. The summed E-state index contributed by atoms with van der Waals surface area (Å²) in [6.45, 7) is 8.86. The van der Waals surface area contributed by atoms with Crippen LogP contribution in [0.25, 0.3) is 0 Å². The van der Waals surface area contributed by atoms with Gasteiger partial charge in [0.2, 0.25) is 11.8 Å². The van der Waals surface area contributed by atoms with Crippen LogP contribution in [0.2, 0.25) is 0 Å². The Morgan fingerprint density at radius 1 is 1.12 bits per heavy atom. The number of rotatable bonds is 8. The van der Waals surface area contributed by atoms with Crippen molar-refractivity contribution in [1.82, 2.24) is 5.32 Å². The number of nitrogens with zero attached hydrogens (tertiary/aromatic N) is 1. The lowest BCUT2D eigenvalue weighted by molar-refractivity contribution is -0.126. The fourth-order valence-corrected chi connectivity index (χ4v) is 3.59. The van der Waals surface area contributed by atoms with Crippen LogP contribution in [0.1, 0.15) is 31.4 Å². The van der Waals surface area contributed by atoms with Gasteiger partial charge in [0, 0.05) is 30.9 Å². The van der Waals surface area contributed by atoms with Crippen molar-refractivity contribution in [2.24, 2.45) is 11.8 Å². The average molecular weight is 438 g/mol. The average Bonchev–Trinajstić information content (AvgIpc) is 3.14. The topological polar surface area (TPSA) is 87.7 Å². The maximum atomic E-state index is 12.4. The van der Waals surface area contributed by atoms with E-state index < -0.39 is 0 Å². The molecule has 0 saturated carbocycles. The summed E-state index contributed by atoms with van der Waals surface area (Å²) >= 11 is 0. The SMILES string of the molecule is Cc1ccc(NC(=O)COc2ccc(N3C[C@@H](C(=O)NCC(C)C)CC3=O)cc2)c(C)c1. The molecule has 2 aromatic carbocycles. The highest BCUT2D eigenvalue weighted by Gasteiger charge is 2.35. The molecule has 0 aliphatic carbocycles. The second-order valence-electron chi connectivity index (χ2n) is 8.69. The van der Waals surface area contributed by atoms with Crippen LogP contribution in [0.4, 0.5) is 11.4 Å². The molecule has 2 aromatic rings. The van der Waals surface area contributed by atoms with Gasteiger partial charge in [-0.1, -0.05) is 31.5 Å². The maximum Gasteiger partial charge on any atom is 0.262 e. The fraction of sp³-hybridized carbons (Fsp3) is 0.400. The molecule has 0 spiro atoms. The summed E-state index contributed by atoms with van der Waals surface area (Å²) in [5.74, 6) is 0.155. The van der Waals surface area contributed by atoms with Crippen molar-refractivity contribution in [2.45, 2.75) is 34.1 Å². The first-order chi connectivity index (χ1) is 15.2. The summed E-state index contributed by atoms with van der Waals surface area (Å²) in [6.07, 6.45) is 0.209. The molecule has 3 amide bonds. The molecule has 0 unspecified atom stereocenters. The zero-order chi connectivity index (χ0) is 23.3. The monoisotopic (exact) mass is 437 g/mol. The lowest BCUT2D eigenvalue weighted by Gasteiger charge is -2.17. The molecule has 1 saturated heterocycles. The van der Waals surface area contributed by atoms with Gasteiger partial charge in [-0.2, -0.15) is 0 Å². The van der Waals surface area contributed by atoms with Crippen LogP contribution in [-0.4, -0.2) is 37.4 Å². The lowest BCUT2D eigenvalue weighted by atomic mass is 10.1. The third-order valence-electron chi connectivity index (χ3n) is 5.35.